The Morgan fingerprint density at radius 2 is 0.625 bits per heavy atom. The molecular weight excluding hydrogens is 1360 g/mol. The van der Waals surface area contributed by atoms with Gasteiger partial charge in [-0.05, 0) is 80.6 Å². The van der Waals surface area contributed by atoms with Gasteiger partial charge in [0.15, 0.2) is 10.7 Å². The number of ketones is 2. The van der Waals surface area contributed by atoms with E-state index in [1.165, 1.54) is 35.5 Å². The van der Waals surface area contributed by atoms with Gasteiger partial charge in [-0.15, -0.1) is 11.6 Å². The molecule has 0 spiro atoms. The molecule has 0 saturated carbocycles. The monoisotopic (exact) mass is 1390 g/mol. The van der Waals surface area contributed by atoms with Gasteiger partial charge in [-0.2, -0.15) is 0 Å². The summed E-state index contributed by atoms with van der Waals surface area (Å²) < 4.78 is 0. The van der Waals surface area contributed by atoms with Gasteiger partial charge in [0.2, 0.25) is 0 Å². The van der Waals surface area contributed by atoms with Crippen LogP contribution in [0.4, 0.5) is 0 Å². The van der Waals surface area contributed by atoms with E-state index in [9.17, 15) is 14.4 Å². The van der Waals surface area contributed by atoms with E-state index in [0.717, 1.165) is 73.0 Å². The number of hydrogen-bond acceptors (Lipinski definition) is 7. The molecule has 0 aliphatic heterocycles. The lowest BCUT2D eigenvalue weighted by atomic mass is 9.51. The maximum Gasteiger partial charge on any atom is 0.159 e. The lowest BCUT2D eigenvalue weighted by Gasteiger charge is -2.47. The quantitative estimate of drug-likeness (QED) is 0.126. The predicted molar refractivity (Wildman–Crippen MR) is 365 cm³/mol. The van der Waals surface area contributed by atoms with E-state index in [0.29, 0.717) is 0 Å². The van der Waals surface area contributed by atoms with E-state index in [-0.39, 0.29) is 18.0 Å². The highest BCUT2D eigenvalue weighted by atomic mass is 35.5. The van der Waals surface area contributed by atoms with Gasteiger partial charge in [0.1, 0.15) is 12.1 Å². The second-order valence-electron chi connectivity index (χ2n) is 14.4. The van der Waals surface area contributed by atoms with Crippen molar-refractivity contribution in [2.45, 2.75) is 36.0 Å². The SMILES string of the molecule is CC(=O)C1(C2(CC=O)c3ccccc3-c3ccccc32)c2ccccc2-c2ccccc21.CC(=O)C1(Cl)c2ccccc2-c2ccccc21.S=S=S=S=S=S=S.S=S=S=S=S=S=S=S=S=S=S=S=S=S=S=S. The molecule has 0 bridgehead atoms. The smallest absolute Gasteiger partial charge is 0.159 e. The minimum absolute atomic E-state index is 0.0310. The van der Waals surface area contributed by atoms with Crippen molar-refractivity contribution in [3.8, 4) is 33.4 Å². The molecule has 6 aromatic rings. The average Bonchev–Trinajstić information content (AvgIpc) is 3.98. The zero-order valence-electron chi connectivity index (χ0n) is 36.6. The summed E-state index contributed by atoms with van der Waals surface area (Å²) >= 11 is 25.2. The molecule has 0 atom stereocenters. The summed E-state index contributed by atoms with van der Waals surface area (Å²) in [6, 6.07) is 48.6. The maximum atomic E-state index is 14.1. The minimum Gasteiger partial charge on any atom is -0.303 e. The third kappa shape index (κ3) is 13.6. The standard InChI is InChI=1S/C30H22O2.C15H11ClO.S16.S7/c1-20(32)30(27-16-8-4-12-23(27)24-13-5-9-17-28(24)30)29(18-19-31)25-14-6-2-10-21(25)22-11-3-7-15-26(22)29;1-10(17)15(16)13-8-4-2-6-11(13)12-7-3-5-9-14(12)15;1-3-5-7-9-11-13-15-16-14-12-10-8-6-4-2;1-3-5-7-6-4-2/h2-17,19H,18H2,1H3;2-9H,1H3;;. The van der Waals surface area contributed by atoms with Crippen molar-refractivity contribution in [3.05, 3.63) is 179 Å². The van der Waals surface area contributed by atoms with Crippen LogP contribution in [0.2, 0.25) is 0 Å². The van der Waals surface area contributed by atoms with Gasteiger partial charge >= 0.3 is 0 Å². The Hall–Kier alpha value is -0.320. The molecule has 0 N–H and O–H groups in total. The fourth-order valence-electron chi connectivity index (χ4n) is 9.33. The minimum atomic E-state index is -1.01. The summed E-state index contributed by atoms with van der Waals surface area (Å²) in [7, 11) is 30.9. The molecule has 0 amide bonds. The second-order valence-corrected chi connectivity index (χ2v) is 48.5. The molecular formula is C45H33ClO3S23. The van der Waals surface area contributed by atoms with E-state index in [1.807, 2.05) is 97.1 Å². The molecule has 6 aromatic carbocycles. The number of benzene rings is 6. The average molecular weight is 1390 g/mol. The molecule has 0 fully saturated rings. The first-order chi connectivity index (χ1) is 35.2. The van der Waals surface area contributed by atoms with Crippen LogP contribution >= 0.6 is 11.6 Å². The molecule has 376 valence electrons. The number of Topliss-reactive ketones (excluding diaryl/α,β-unsaturated/α-hetero) is 2. The summed E-state index contributed by atoms with van der Waals surface area (Å²) in [6.45, 7) is 3.24. The summed E-state index contributed by atoms with van der Waals surface area (Å²) in [5.41, 5.74) is 10.5. The molecule has 72 heavy (non-hydrogen) atoms. The van der Waals surface area contributed by atoms with Crippen molar-refractivity contribution >= 4 is 243 Å². The maximum absolute atomic E-state index is 14.1. The molecule has 3 aliphatic rings. The van der Waals surface area contributed by atoms with Crippen LogP contribution in [0.5, 0.6) is 0 Å². The predicted octanol–water partition coefficient (Wildman–Crippen LogP) is 9.78. The van der Waals surface area contributed by atoms with Crippen molar-refractivity contribution in [2.24, 2.45) is 0 Å². The van der Waals surface area contributed by atoms with Crippen molar-refractivity contribution in [3.63, 3.8) is 0 Å². The van der Waals surface area contributed by atoms with E-state index in [2.05, 4.69) is 70.9 Å². The first kappa shape index (κ1) is 60.9. The van der Waals surface area contributed by atoms with E-state index in [4.69, 9.17) is 34.0 Å². The Kier molecular flexibility index (Phi) is 26.5. The topological polar surface area (TPSA) is 51.2 Å². The molecule has 0 saturated heterocycles. The normalized spacial score (nSPS) is 12.9. The van der Waals surface area contributed by atoms with E-state index in [1.54, 1.807) is 147 Å². The van der Waals surface area contributed by atoms with Crippen LogP contribution < -0.4 is 0 Å². The van der Waals surface area contributed by atoms with Gasteiger partial charge in [0.05, 0.1) is 5.41 Å². The molecule has 3 nitrogen and oxygen atoms in total. The number of alkyl halides is 1. The van der Waals surface area contributed by atoms with Crippen LogP contribution in [0.15, 0.2) is 146 Å². The van der Waals surface area contributed by atoms with E-state index < -0.39 is 15.7 Å². The van der Waals surface area contributed by atoms with Gasteiger partial charge < -0.3 is 4.79 Å². The third-order valence-electron chi connectivity index (χ3n) is 11.4. The molecule has 0 radical (unpaired) electrons. The van der Waals surface area contributed by atoms with Crippen molar-refractivity contribution in [1.29, 1.82) is 0 Å². The Balaban J connectivity index is 0.000000179. The van der Waals surface area contributed by atoms with Gasteiger partial charge in [-0.1, -0.05) is 146 Å². The van der Waals surface area contributed by atoms with Crippen molar-refractivity contribution in [1.82, 2.24) is 0 Å². The number of hydrogen-bond donors (Lipinski definition) is 0. The lowest BCUT2D eigenvalue weighted by molar-refractivity contribution is -0.123. The van der Waals surface area contributed by atoms with Gasteiger partial charge in [-0.25, -0.2) is 0 Å². The Bertz CT molecular complexity index is 3800. The first-order valence-electron chi connectivity index (χ1n) is 20.1. The Labute approximate surface area is 497 Å². The van der Waals surface area contributed by atoms with Crippen LogP contribution in [-0.4, -0.2) is 17.9 Å². The van der Waals surface area contributed by atoms with Crippen LogP contribution in [0, 0.1) is 0 Å². The van der Waals surface area contributed by atoms with Crippen molar-refractivity contribution < 1.29 is 14.4 Å². The molecule has 0 unspecified atom stereocenters. The highest BCUT2D eigenvalue weighted by Crippen LogP contribution is 2.66. The molecule has 0 heterocycles. The highest BCUT2D eigenvalue weighted by molar-refractivity contribution is 8.77. The second kappa shape index (κ2) is 31.3. The van der Waals surface area contributed by atoms with Gasteiger partial charge in [0.25, 0.3) is 0 Å². The largest absolute Gasteiger partial charge is 0.303 e. The zero-order valence-corrected chi connectivity index (χ0v) is 56.2. The summed E-state index contributed by atoms with van der Waals surface area (Å²) in [5, 5.41) is 0. The number of aldehydes is 1. The van der Waals surface area contributed by atoms with Crippen molar-refractivity contribution in [2.75, 3.05) is 0 Å². The van der Waals surface area contributed by atoms with Crippen LogP contribution in [0.1, 0.15) is 53.6 Å². The number of fused-ring (bicyclic) bond motifs is 9. The summed E-state index contributed by atoms with van der Waals surface area (Å²) in [5.74, 6) is 0.0276. The van der Waals surface area contributed by atoms with E-state index >= 15 is 0 Å². The summed E-state index contributed by atoms with van der Waals surface area (Å²) in [4.78, 5) is 37.4. The zero-order chi connectivity index (χ0) is 51.4. The molecule has 27 heteroatoms. The number of carbonyl (C=O) groups excluding carboxylic acids is 3. The highest BCUT2D eigenvalue weighted by Gasteiger charge is 2.64. The van der Waals surface area contributed by atoms with Crippen LogP contribution in [0.25, 0.3) is 33.4 Å². The number of carbonyl (C=O) groups is 3. The Morgan fingerprint density at radius 1 is 0.389 bits per heavy atom. The number of halogens is 1. The first-order valence-corrected chi connectivity index (χ1v) is 48.4. The lowest BCUT2D eigenvalue weighted by Crippen LogP contribution is -2.53. The number of rotatable bonds is 5. The third-order valence-corrected chi connectivity index (χ3v) is 49.9. The van der Waals surface area contributed by atoms with Gasteiger partial charge in [0, 0.05) is 225 Å². The molecule has 9 rings (SSSR count). The van der Waals surface area contributed by atoms with Crippen LogP contribution in [-0.2, 0) is 244 Å². The fraction of sp³-hybridized carbons (Fsp3) is 0.133. The van der Waals surface area contributed by atoms with Gasteiger partial charge in [-0.3, -0.25) is 9.59 Å². The fourth-order valence-corrected chi connectivity index (χ4v) is 50.8. The Morgan fingerprint density at radius 3 is 0.903 bits per heavy atom. The van der Waals surface area contributed by atoms with Crippen LogP contribution in [0.3, 0.4) is 0 Å². The molecule has 3 aliphatic carbocycles. The summed E-state index contributed by atoms with van der Waals surface area (Å²) in [6.07, 6.45) is 1.22. The molecule has 0 aromatic heterocycles.